The van der Waals surface area contributed by atoms with Gasteiger partial charge < -0.3 is 4.74 Å². The Morgan fingerprint density at radius 3 is 2.14 bits per heavy atom. The minimum atomic E-state index is -0.981. The van der Waals surface area contributed by atoms with Crippen LogP contribution in [0.15, 0.2) is 36.4 Å². The minimum Gasteiger partial charge on any atom is -0.453 e. The van der Waals surface area contributed by atoms with Crippen molar-refractivity contribution in [3.63, 3.8) is 0 Å². The van der Waals surface area contributed by atoms with Gasteiger partial charge in [-0.2, -0.15) is 0 Å². The zero-order valence-corrected chi connectivity index (χ0v) is 16.4. The summed E-state index contributed by atoms with van der Waals surface area (Å²) in [6, 6.07) is 7.01. The third-order valence-electron chi connectivity index (χ3n) is 7.05. The molecule has 1 aromatic carbocycles. The van der Waals surface area contributed by atoms with Crippen LogP contribution in [0.3, 0.4) is 0 Å². The molecule has 1 heterocycles. The summed E-state index contributed by atoms with van der Waals surface area (Å²) in [5.74, 6) is -0.968. The Labute approximate surface area is 168 Å². The third kappa shape index (κ3) is 2.76. The number of Topliss-reactive ketones (excluding diaryl/α,β-unsaturated/α-hetero) is 1. The molecule has 3 fully saturated rings. The van der Waals surface area contributed by atoms with E-state index in [0.29, 0.717) is 17.4 Å². The molecule has 5 aliphatic rings. The van der Waals surface area contributed by atoms with Crippen LogP contribution < -0.4 is 0 Å². The number of benzene rings is 1. The van der Waals surface area contributed by atoms with Crippen LogP contribution >= 0.6 is 0 Å². The van der Waals surface area contributed by atoms with E-state index in [-0.39, 0.29) is 41.3 Å². The van der Waals surface area contributed by atoms with Gasteiger partial charge in [-0.3, -0.25) is 24.1 Å². The number of aryl methyl sites for hydroxylation is 1. The highest BCUT2D eigenvalue weighted by atomic mass is 16.5. The van der Waals surface area contributed by atoms with Gasteiger partial charge in [-0.15, -0.1) is 0 Å². The SMILES string of the molecule is Cc1ccc(C(=O)C(C)OC(=O)CN2C(=O)C3C4C=CC(C5CC45)C3C2=O)cc1. The van der Waals surface area contributed by atoms with Gasteiger partial charge >= 0.3 is 5.97 Å². The summed E-state index contributed by atoms with van der Waals surface area (Å²) >= 11 is 0. The lowest BCUT2D eigenvalue weighted by atomic mass is 9.63. The lowest BCUT2D eigenvalue weighted by Gasteiger charge is -2.37. The third-order valence-corrected chi connectivity index (χ3v) is 7.05. The Hall–Kier alpha value is -2.76. The number of hydrogen-bond acceptors (Lipinski definition) is 5. The topological polar surface area (TPSA) is 80.8 Å². The molecule has 2 saturated carbocycles. The van der Waals surface area contributed by atoms with Crippen molar-refractivity contribution in [2.24, 2.45) is 35.5 Å². The Bertz CT molecular complexity index is 913. The van der Waals surface area contributed by atoms with E-state index in [1.807, 2.05) is 19.1 Å². The van der Waals surface area contributed by atoms with Crippen molar-refractivity contribution in [1.29, 1.82) is 0 Å². The highest BCUT2D eigenvalue weighted by Gasteiger charge is 2.67. The Balaban J connectivity index is 1.24. The predicted molar refractivity (Wildman–Crippen MR) is 102 cm³/mol. The fourth-order valence-corrected chi connectivity index (χ4v) is 5.54. The number of ketones is 1. The molecule has 0 N–H and O–H groups in total. The van der Waals surface area contributed by atoms with Crippen LogP contribution in [0, 0.1) is 42.4 Å². The molecule has 7 unspecified atom stereocenters. The molecule has 1 saturated heterocycles. The van der Waals surface area contributed by atoms with Gasteiger partial charge in [-0.25, -0.2) is 0 Å². The molecule has 6 nitrogen and oxygen atoms in total. The van der Waals surface area contributed by atoms with E-state index in [0.717, 1.165) is 16.9 Å². The molecule has 2 bridgehead atoms. The number of allylic oxidation sites excluding steroid dienone is 2. The first-order valence-electron chi connectivity index (χ1n) is 10.2. The molecule has 2 amide bonds. The van der Waals surface area contributed by atoms with E-state index >= 15 is 0 Å². The Kier molecular flexibility index (Phi) is 4.02. The number of amides is 2. The van der Waals surface area contributed by atoms with Gasteiger partial charge in [0.15, 0.2) is 6.10 Å². The maximum atomic E-state index is 12.9. The largest absolute Gasteiger partial charge is 0.453 e. The monoisotopic (exact) mass is 393 g/mol. The number of hydrogen-bond donors (Lipinski definition) is 0. The van der Waals surface area contributed by atoms with Gasteiger partial charge in [0.25, 0.3) is 0 Å². The van der Waals surface area contributed by atoms with Crippen molar-refractivity contribution in [1.82, 2.24) is 4.90 Å². The second-order valence-electron chi connectivity index (χ2n) is 8.78. The molecule has 6 rings (SSSR count). The summed E-state index contributed by atoms with van der Waals surface area (Å²) in [4.78, 5) is 51.7. The number of esters is 1. The number of carbonyl (C=O) groups is 4. The number of rotatable bonds is 5. The minimum absolute atomic E-state index is 0.120. The van der Waals surface area contributed by atoms with E-state index in [1.54, 1.807) is 12.1 Å². The summed E-state index contributed by atoms with van der Waals surface area (Å²) in [5.41, 5.74) is 1.48. The number of ether oxygens (including phenoxy) is 1. The first-order valence-corrected chi connectivity index (χ1v) is 10.2. The maximum absolute atomic E-state index is 12.9. The number of imide groups is 1. The maximum Gasteiger partial charge on any atom is 0.326 e. The molecular weight excluding hydrogens is 370 g/mol. The first-order chi connectivity index (χ1) is 13.9. The number of nitrogens with zero attached hydrogens (tertiary/aromatic N) is 1. The van der Waals surface area contributed by atoms with E-state index < -0.39 is 18.6 Å². The molecule has 0 radical (unpaired) electrons. The summed E-state index contributed by atoms with van der Waals surface area (Å²) < 4.78 is 5.26. The Morgan fingerprint density at radius 2 is 1.59 bits per heavy atom. The molecule has 1 aromatic rings. The average molecular weight is 393 g/mol. The van der Waals surface area contributed by atoms with Gasteiger partial charge in [-0.1, -0.05) is 42.0 Å². The van der Waals surface area contributed by atoms with Gasteiger partial charge in [-0.05, 0) is 43.9 Å². The van der Waals surface area contributed by atoms with Crippen molar-refractivity contribution in [2.75, 3.05) is 6.54 Å². The number of likely N-dealkylation sites (tertiary alicyclic amines) is 1. The zero-order chi connectivity index (χ0) is 20.4. The molecule has 0 spiro atoms. The van der Waals surface area contributed by atoms with Crippen LogP contribution in [-0.2, 0) is 19.1 Å². The Morgan fingerprint density at radius 1 is 1.03 bits per heavy atom. The number of carbonyl (C=O) groups excluding carboxylic acids is 4. The second-order valence-corrected chi connectivity index (χ2v) is 8.78. The second kappa shape index (κ2) is 6.37. The van der Waals surface area contributed by atoms with Crippen LogP contribution in [0.5, 0.6) is 0 Å². The summed E-state index contributed by atoms with van der Waals surface area (Å²) in [7, 11) is 0. The molecule has 6 heteroatoms. The van der Waals surface area contributed by atoms with Crippen molar-refractivity contribution in [3.05, 3.63) is 47.5 Å². The summed E-state index contributed by atoms with van der Waals surface area (Å²) in [5, 5.41) is 0. The standard InChI is InChI=1S/C23H23NO5/c1-11-3-5-13(6-4-11)21(26)12(2)29-18(25)10-24-22(27)19-14-7-8-15(17-9-16(14)17)20(19)23(24)28/h3-8,12,14-17,19-20H,9-10H2,1-2H3. The van der Waals surface area contributed by atoms with Crippen LogP contribution in [0.2, 0.25) is 0 Å². The lowest BCUT2D eigenvalue weighted by molar-refractivity contribution is -0.154. The highest BCUT2D eigenvalue weighted by Crippen LogP contribution is 2.65. The van der Waals surface area contributed by atoms with Crippen LogP contribution in [0.4, 0.5) is 0 Å². The first kappa shape index (κ1) is 18.3. The van der Waals surface area contributed by atoms with Crippen molar-refractivity contribution in [2.45, 2.75) is 26.4 Å². The molecule has 150 valence electrons. The van der Waals surface area contributed by atoms with Gasteiger partial charge in [0.1, 0.15) is 6.54 Å². The molecule has 29 heavy (non-hydrogen) atoms. The molecule has 7 atom stereocenters. The van der Waals surface area contributed by atoms with Crippen molar-refractivity contribution < 1.29 is 23.9 Å². The highest BCUT2D eigenvalue weighted by molar-refractivity contribution is 6.08. The smallest absolute Gasteiger partial charge is 0.326 e. The van der Waals surface area contributed by atoms with E-state index in [9.17, 15) is 19.2 Å². The average Bonchev–Trinajstić information content (AvgIpc) is 3.49. The zero-order valence-electron chi connectivity index (χ0n) is 16.4. The van der Waals surface area contributed by atoms with Crippen molar-refractivity contribution in [3.8, 4) is 0 Å². The lowest BCUT2D eigenvalue weighted by Crippen LogP contribution is -2.40. The van der Waals surface area contributed by atoms with E-state index in [1.165, 1.54) is 6.92 Å². The van der Waals surface area contributed by atoms with Gasteiger partial charge in [0.05, 0.1) is 11.8 Å². The molecular formula is C23H23NO5. The molecule has 4 aliphatic carbocycles. The van der Waals surface area contributed by atoms with Crippen LogP contribution in [-0.4, -0.2) is 41.1 Å². The van der Waals surface area contributed by atoms with Gasteiger partial charge in [0, 0.05) is 5.56 Å². The summed E-state index contributed by atoms with van der Waals surface area (Å²) in [6.07, 6.45) is 4.30. The van der Waals surface area contributed by atoms with E-state index in [2.05, 4.69) is 12.2 Å². The fraction of sp³-hybridized carbons (Fsp3) is 0.478. The fourth-order valence-electron chi connectivity index (χ4n) is 5.54. The predicted octanol–water partition coefficient (Wildman–Crippen LogP) is 2.16. The quantitative estimate of drug-likeness (QED) is 0.331. The van der Waals surface area contributed by atoms with Crippen molar-refractivity contribution >= 4 is 23.6 Å². The normalized spacial score (nSPS) is 34.6. The van der Waals surface area contributed by atoms with Gasteiger partial charge in [0.2, 0.25) is 17.6 Å². The molecule has 0 aromatic heterocycles. The summed E-state index contributed by atoms with van der Waals surface area (Å²) in [6.45, 7) is 3.00. The van der Waals surface area contributed by atoms with E-state index in [4.69, 9.17) is 4.74 Å². The van der Waals surface area contributed by atoms with Crippen LogP contribution in [0.25, 0.3) is 0 Å². The molecule has 1 aliphatic heterocycles. The van der Waals surface area contributed by atoms with Crippen LogP contribution in [0.1, 0.15) is 29.3 Å².